The molecule has 8 heteroatoms. The molecule has 0 unspecified atom stereocenters. The molecule has 0 saturated heterocycles. The Kier molecular flexibility index (Phi) is 5.79. The van der Waals surface area contributed by atoms with Gasteiger partial charge >= 0.3 is 0 Å². The van der Waals surface area contributed by atoms with Crippen molar-refractivity contribution in [3.05, 3.63) is 23.2 Å². The van der Waals surface area contributed by atoms with E-state index in [1.165, 1.54) is 18.2 Å². The SMILES string of the molecule is CCN(CC)C(=O)CNS(=O)(=O)c1ccc(Cl)c(N)c1. The first-order valence-corrected chi connectivity index (χ1v) is 8.00. The van der Waals surface area contributed by atoms with E-state index < -0.39 is 10.0 Å². The van der Waals surface area contributed by atoms with Crippen LogP contribution in [0.4, 0.5) is 5.69 Å². The van der Waals surface area contributed by atoms with Crippen LogP contribution in [0.15, 0.2) is 23.1 Å². The van der Waals surface area contributed by atoms with Crippen LogP contribution in [0.2, 0.25) is 5.02 Å². The van der Waals surface area contributed by atoms with Crippen molar-refractivity contribution in [3.63, 3.8) is 0 Å². The van der Waals surface area contributed by atoms with E-state index in [1.807, 2.05) is 13.8 Å². The molecule has 0 fully saturated rings. The molecule has 112 valence electrons. The van der Waals surface area contributed by atoms with Crippen LogP contribution in [-0.4, -0.2) is 38.9 Å². The van der Waals surface area contributed by atoms with Crippen LogP contribution in [-0.2, 0) is 14.8 Å². The fraction of sp³-hybridized carbons (Fsp3) is 0.417. The van der Waals surface area contributed by atoms with E-state index in [9.17, 15) is 13.2 Å². The van der Waals surface area contributed by atoms with Crippen LogP contribution in [0.1, 0.15) is 13.8 Å². The monoisotopic (exact) mass is 319 g/mol. The number of carbonyl (C=O) groups excluding carboxylic acids is 1. The smallest absolute Gasteiger partial charge is 0.241 e. The summed E-state index contributed by atoms with van der Waals surface area (Å²) in [5.41, 5.74) is 5.74. The van der Waals surface area contributed by atoms with Crippen molar-refractivity contribution in [1.29, 1.82) is 0 Å². The van der Waals surface area contributed by atoms with Crippen molar-refractivity contribution in [2.24, 2.45) is 0 Å². The Morgan fingerprint density at radius 1 is 1.35 bits per heavy atom. The van der Waals surface area contributed by atoms with Crippen LogP contribution < -0.4 is 10.5 Å². The summed E-state index contributed by atoms with van der Waals surface area (Å²) in [4.78, 5) is 13.3. The van der Waals surface area contributed by atoms with Gasteiger partial charge in [-0.3, -0.25) is 4.79 Å². The molecule has 0 spiro atoms. The maximum Gasteiger partial charge on any atom is 0.241 e. The summed E-state index contributed by atoms with van der Waals surface area (Å²) < 4.78 is 26.3. The molecule has 0 aromatic heterocycles. The first-order valence-electron chi connectivity index (χ1n) is 6.14. The van der Waals surface area contributed by atoms with Crippen LogP contribution >= 0.6 is 11.6 Å². The van der Waals surface area contributed by atoms with Crippen molar-refractivity contribution in [1.82, 2.24) is 9.62 Å². The first kappa shape index (κ1) is 16.7. The van der Waals surface area contributed by atoms with Gasteiger partial charge in [-0.25, -0.2) is 13.1 Å². The second-order valence-electron chi connectivity index (χ2n) is 4.07. The number of hydrogen-bond donors (Lipinski definition) is 2. The summed E-state index contributed by atoms with van der Waals surface area (Å²) in [6.07, 6.45) is 0. The number of nitrogens with two attached hydrogens (primary N) is 1. The third-order valence-electron chi connectivity index (χ3n) is 2.81. The number of benzene rings is 1. The molecule has 1 aromatic carbocycles. The van der Waals surface area contributed by atoms with Crippen LogP contribution in [0.25, 0.3) is 0 Å². The van der Waals surface area contributed by atoms with Gasteiger partial charge in [0.2, 0.25) is 15.9 Å². The van der Waals surface area contributed by atoms with Gasteiger partial charge in [0.1, 0.15) is 0 Å². The zero-order valence-electron chi connectivity index (χ0n) is 11.4. The molecular weight excluding hydrogens is 302 g/mol. The minimum atomic E-state index is -3.78. The van der Waals surface area contributed by atoms with Gasteiger partial charge in [-0.05, 0) is 32.0 Å². The van der Waals surface area contributed by atoms with E-state index in [0.717, 1.165) is 0 Å². The molecular formula is C12H18ClN3O3S. The van der Waals surface area contributed by atoms with Gasteiger partial charge in [-0.2, -0.15) is 0 Å². The van der Waals surface area contributed by atoms with E-state index in [2.05, 4.69) is 4.72 Å². The van der Waals surface area contributed by atoms with E-state index in [-0.39, 0.29) is 28.1 Å². The number of rotatable bonds is 6. The molecule has 0 atom stereocenters. The number of halogens is 1. The molecule has 0 bridgehead atoms. The molecule has 0 aliphatic heterocycles. The third kappa shape index (κ3) is 4.09. The van der Waals surface area contributed by atoms with Gasteiger partial charge in [0.15, 0.2) is 0 Å². The average Bonchev–Trinajstić information content (AvgIpc) is 2.41. The number of nitrogens with zero attached hydrogens (tertiary/aromatic N) is 1. The second kappa shape index (κ2) is 6.92. The molecule has 0 radical (unpaired) electrons. The summed E-state index contributed by atoms with van der Waals surface area (Å²) in [6.45, 7) is 4.44. The van der Waals surface area contributed by atoms with Gasteiger partial charge in [0, 0.05) is 13.1 Å². The zero-order chi connectivity index (χ0) is 15.3. The van der Waals surface area contributed by atoms with Crippen LogP contribution in [0.5, 0.6) is 0 Å². The molecule has 20 heavy (non-hydrogen) atoms. The molecule has 1 amide bonds. The summed E-state index contributed by atoms with van der Waals surface area (Å²) in [6, 6.07) is 3.99. The summed E-state index contributed by atoms with van der Waals surface area (Å²) in [5, 5.41) is 0.281. The highest BCUT2D eigenvalue weighted by molar-refractivity contribution is 7.89. The van der Waals surface area contributed by atoms with Crippen molar-refractivity contribution in [2.45, 2.75) is 18.7 Å². The Labute approximate surface area is 123 Å². The Hall–Kier alpha value is -1.31. The lowest BCUT2D eigenvalue weighted by atomic mass is 10.3. The largest absolute Gasteiger partial charge is 0.397 e. The highest BCUT2D eigenvalue weighted by atomic mass is 35.5. The molecule has 1 rings (SSSR count). The average molecular weight is 320 g/mol. The standard InChI is InChI=1S/C12H18ClN3O3S/c1-3-16(4-2)12(17)8-15-20(18,19)9-5-6-10(13)11(14)7-9/h5-7,15H,3-4,8,14H2,1-2H3. The normalized spacial score (nSPS) is 11.3. The van der Waals surface area contributed by atoms with Crippen LogP contribution in [0, 0.1) is 0 Å². The number of anilines is 1. The Balaban J connectivity index is 2.80. The van der Waals surface area contributed by atoms with E-state index in [1.54, 1.807) is 4.90 Å². The predicted octanol–water partition coefficient (Wildman–Crippen LogP) is 1.07. The van der Waals surface area contributed by atoms with E-state index in [0.29, 0.717) is 13.1 Å². The second-order valence-corrected chi connectivity index (χ2v) is 6.25. The third-order valence-corrected chi connectivity index (χ3v) is 4.55. The van der Waals surface area contributed by atoms with Crippen molar-refractivity contribution >= 4 is 33.2 Å². The highest BCUT2D eigenvalue weighted by Crippen LogP contribution is 2.21. The molecule has 0 saturated carbocycles. The Morgan fingerprint density at radius 3 is 2.45 bits per heavy atom. The minimum absolute atomic E-state index is 0.0215. The van der Waals surface area contributed by atoms with Gasteiger partial charge in [-0.1, -0.05) is 11.6 Å². The molecule has 0 aliphatic rings. The lowest BCUT2D eigenvalue weighted by molar-refractivity contribution is -0.129. The Morgan fingerprint density at radius 2 is 1.95 bits per heavy atom. The maximum absolute atomic E-state index is 12.0. The quantitative estimate of drug-likeness (QED) is 0.767. The number of carbonyl (C=O) groups is 1. The molecule has 0 heterocycles. The van der Waals surface area contributed by atoms with Gasteiger partial charge in [-0.15, -0.1) is 0 Å². The summed E-state index contributed by atoms with van der Waals surface area (Å²) in [5.74, 6) is -0.277. The molecule has 0 aliphatic carbocycles. The predicted molar refractivity (Wildman–Crippen MR) is 79.0 cm³/mol. The minimum Gasteiger partial charge on any atom is -0.397 e. The number of sulfonamides is 1. The number of nitrogen functional groups attached to an aromatic ring is 1. The lowest BCUT2D eigenvalue weighted by Crippen LogP contribution is -2.39. The topological polar surface area (TPSA) is 92.5 Å². The fourth-order valence-corrected chi connectivity index (χ4v) is 2.74. The summed E-state index contributed by atoms with van der Waals surface area (Å²) >= 11 is 5.74. The number of nitrogens with one attached hydrogen (secondary N) is 1. The highest BCUT2D eigenvalue weighted by Gasteiger charge is 2.18. The van der Waals surface area contributed by atoms with E-state index in [4.69, 9.17) is 17.3 Å². The van der Waals surface area contributed by atoms with Crippen molar-refractivity contribution < 1.29 is 13.2 Å². The van der Waals surface area contributed by atoms with Crippen molar-refractivity contribution in [3.8, 4) is 0 Å². The molecule has 3 N–H and O–H groups in total. The fourth-order valence-electron chi connectivity index (χ4n) is 1.62. The van der Waals surface area contributed by atoms with Gasteiger partial charge in [0.25, 0.3) is 0 Å². The Bertz CT molecular complexity index is 586. The van der Waals surface area contributed by atoms with Gasteiger partial charge < -0.3 is 10.6 Å². The maximum atomic E-state index is 12.0. The van der Waals surface area contributed by atoms with Gasteiger partial charge in [0.05, 0.1) is 22.2 Å². The first-order chi connectivity index (χ1) is 9.31. The zero-order valence-corrected chi connectivity index (χ0v) is 13.0. The number of amides is 1. The number of likely N-dealkylation sites (N-methyl/N-ethyl adjacent to an activating group) is 1. The number of hydrogen-bond acceptors (Lipinski definition) is 4. The van der Waals surface area contributed by atoms with E-state index >= 15 is 0 Å². The summed E-state index contributed by atoms with van der Waals surface area (Å²) in [7, 11) is -3.78. The van der Waals surface area contributed by atoms with Crippen LogP contribution in [0.3, 0.4) is 0 Å². The molecule has 1 aromatic rings. The van der Waals surface area contributed by atoms with Crippen molar-refractivity contribution in [2.75, 3.05) is 25.4 Å². The lowest BCUT2D eigenvalue weighted by Gasteiger charge is -2.18. The molecule has 6 nitrogen and oxygen atoms in total.